The van der Waals surface area contributed by atoms with Crippen LogP contribution in [-0.2, 0) is 0 Å². The van der Waals surface area contributed by atoms with E-state index in [0.717, 1.165) is 51.1 Å². The van der Waals surface area contributed by atoms with Gasteiger partial charge in [-0.15, -0.1) is 0 Å². The van der Waals surface area contributed by atoms with Gasteiger partial charge in [-0.25, -0.2) is 4.99 Å². The second-order valence-corrected chi connectivity index (χ2v) is 9.59. The van der Waals surface area contributed by atoms with Crippen molar-refractivity contribution >= 4 is 27.9 Å². The molecule has 194 valence electrons. The Balaban J connectivity index is 1.38. The molecule has 0 spiro atoms. The van der Waals surface area contributed by atoms with Crippen molar-refractivity contribution in [1.82, 2.24) is 25.1 Å². The van der Waals surface area contributed by atoms with Crippen molar-refractivity contribution in [3.63, 3.8) is 0 Å². The third kappa shape index (κ3) is 3.94. The zero-order chi connectivity index (χ0) is 26.3. The maximum Gasteiger partial charge on any atom is 0.267 e. The van der Waals surface area contributed by atoms with Crippen LogP contribution >= 0.6 is 0 Å². The third-order valence-electron chi connectivity index (χ3n) is 7.26. The Kier molecular flexibility index (Phi) is 5.61. The van der Waals surface area contributed by atoms with Crippen molar-refractivity contribution in [2.45, 2.75) is 25.9 Å². The molecule has 39 heavy (non-hydrogen) atoms. The molecule has 0 amide bonds. The summed E-state index contributed by atoms with van der Waals surface area (Å²) in [6.07, 6.45) is 6.76. The first-order chi connectivity index (χ1) is 19.2. The number of H-pyrrole nitrogens is 1. The summed E-state index contributed by atoms with van der Waals surface area (Å²) in [5, 5.41) is 13.0. The fraction of sp³-hybridized carbons (Fsp3) is 0.200. The molecule has 3 aromatic heterocycles. The molecule has 9 heteroatoms. The van der Waals surface area contributed by atoms with Gasteiger partial charge >= 0.3 is 0 Å². The van der Waals surface area contributed by atoms with Crippen LogP contribution in [0.3, 0.4) is 0 Å². The summed E-state index contributed by atoms with van der Waals surface area (Å²) in [7, 11) is 0. The van der Waals surface area contributed by atoms with E-state index in [2.05, 4.69) is 33.5 Å². The lowest BCUT2D eigenvalue weighted by Crippen LogP contribution is -2.44. The molecule has 0 radical (unpaired) electrons. The highest BCUT2D eigenvalue weighted by atomic mass is 16.6. The zero-order valence-electron chi connectivity index (χ0n) is 21.3. The van der Waals surface area contributed by atoms with Crippen molar-refractivity contribution in [3.8, 4) is 17.2 Å². The Bertz CT molecular complexity index is 1950. The van der Waals surface area contributed by atoms with E-state index in [1.807, 2.05) is 54.6 Å². The van der Waals surface area contributed by atoms with Crippen LogP contribution in [0.25, 0.3) is 33.6 Å². The lowest BCUT2D eigenvalue weighted by atomic mass is 10.1. The van der Waals surface area contributed by atoms with Gasteiger partial charge in [0.15, 0.2) is 17.0 Å². The van der Waals surface area contributed by atoms with E-state index in [-0.39, 0.29) is 11.7 Å². The van der Waals surface area contributed by atoms with Gasteiger partial charge < -0.3 is 14.8 Å². The normalized spacial score (nSPS) is 16.4. The molecule has 0 bridgehead atoms. The lowest BCUT2D eigenvalue weighted by Gasteiger charge is -2.27. The maximum absolute atomic E-state index is 13.9. The molecule has 9 nitrogen and oxygen atoms in total. The number of aromatic nitrogens is 4. The Morgan fingerprint density at radius 3 is 2.87 bits per heavy atom. The molecular formula is C30H26N6O3. The maximum atomic E-state index is 13.9. The highest BCUT2D eigenvalue weighted by molar-refractivity contribution is 5.88. The largest absolute Gasteiger partial charge is 0.486 e. The smallest absolute Gasteiger partial charge is 0.267 e. The quantitative estimate of drug-likeness (QED) is 0.370. The first-order valence-electron chi connectivity index (χ1n) is 13.1. The van der Waals surface area contributed by atoms with Gasteiger partial charge in [0.1, 0.15) is 18.5 Å². The number of hydrogen-bond donors (Lipinski definition) is 2. The summed E-state index contributed by atoms with van der Waals surface area (Å²) in [6, 6.07) is 17.3. The summed E-state index contributed by atoms with van der Waals surface area (Å²) < 4.78 is 13.8. The molecule has 2 aliphatic heterocycles. The van der Waals surface area contributed by atoms with E-state index in [9.17, 15) is 4.79 Å². The van der Waals surface area contributed by atoms with Crippen LogP contribution in [0.2, 0.25) is 0 Å². The highest BCUT2D eigenvalue weighted by Gasteiger charge is 2.22. The fourth-order valence-corrected chi connectivity index (χ4v) is 5.27. The van der Waals surface area contributed by atoms with Gasteiger partial charge in [-0.2, -0.15) is 5.10 Å². The fourth-order valence-electron chi connectivity index (χ4n) is 5.27. The Morgan fingerprint density at radius 2 is 1.97 bits per heavy atom. The van der Waals surface area contributed by atoms with Crippen LogP contribution in [0, 0.1) is 0 Å². The standard InChI is InChI=1S/C30H26N6O3/c1-2-18-12-13-21-27-22(16-33-35-27)30(37)36(24-9-5-8-23-20(24)7-6-14-31-23)29(21)34-28(18)32-15-19-17-38-25-10-3-4-11-26(25)39-19/h3-11,13-14,16,19,32H,2,12,15,17H2,1H3,(H,33,35). The molecule has 0 aliphatic carbocycles. The van der Waals surface area contributed by atoms with Gasteiger partial charge in [0.25, 0.3) is 5.56 Å². The number of rotatable bonds is 5. The average Bonchev–Trinajstić information content (AvgIpc) is 3.40. The summed E-state index contributed by atoms with van der Waals surface area (Å²) in [5.74, 6) is 2.22. The van der Waals surface area contributed by atoms with Crippen molar-refractivity contribution in [3.05, 3.63) is 99.4 Å². The number of nitrogens with zero attached hydrogens (tertiary/aromatic N) is 4. The van der Waals surface area contributed by atoms with Gasteiger partial charge in [0, 0.05) is 16.8 Å². The van der Waals surface area contributed by atoms with Crippen LogP contribution in [0.4, 0.5) is 0 Å². The second-order valence-electron chi connectivity index (χ2n) is 9.59. The molecule has 2 N–H and O–H groups in total. The number of para-hydroxylation sites is 2. The van der Waals surface area contributed by atoms with Gasteiger partial charge in [-0.05, 0) is 54.8 Å². The molecule has 2 aliphatic rings. The van der Waals surface area contributed by atoms with E-state index in [1.165, 1.54) is 0 Å². The van der Waals surface area contributed by atoms with E-state index in [1.54, 1.807) is 17.0 Å². The number of ether oxygens (including phenoxy) is 2. The van der Waals surface area contributed by atoms with E-state index >= 15 is 0 Å². The summed E-state index contributed by atoms with van der Waals surface area (Å²) in [6.45, 7) is 3.05. The number of hydrogen-bond acceptors (Lipinski definition) is 7. The number of benzene rings is 2. The molecule has 7 rings (SSSR count). The van der Waals surface area contributed by atoms with Gasteiger partial charge in [0.05, 0.1) is 34.8 Å². The topological polar surface area (TPSA) is 106 Å². The van der Waals surface area contributed by atoms with E-state index in [4.69, 9.17) is 14.5 Å². The molecule has 2 aromatic carbocycles. The Morgan fingerprint density at radius 1 is 1.08 bits per heavy atom. The van der Waals surface area contributed by atoms with Gasteiger partial charge in [-0.3, -0.25) is 19.4 Å². The van der Waals surface area contributed by atoms with Crippen LogP contribution in [0.5, 0.6) is 11.5 Å². The molecule has 1 atom stereocenters. The Hall–Kier alpha value is -4.92. The van der Waals surface area contributed by atoms with Crippen molar-refractivity contribution in [2.75, 3.05) is 13.2 Å². The lowest BCUT2D eigenvalue weighted by molar-refractivity contribution is 0.0921. The van der Waals surface area contributed by atoms with Crippen LogP contribution in [0.15, 0.2) is 88.2 Å². The Labute approximate surface area is 223 Å². The SMILES string of the molecule is CCC1=C(NCC2COc3ccccc3O2)N=c2c(c3[nH]ncc3c(=O)n2-c2cccc3ncccc23)=CC1. The summed E-state index contributed by atoms with van der Waals surface area (Å²) in [5.41, 5.74) is 3.71. The zero-order valence-corrected chi connectivity index (χ0v) is 21.3. The van der Waals surface area contributed by atoms with Gasteiger partial charge in [0.2, 0.25) is 0 Å². The molecule has 1 unspecified atom stereocenters. The molecule has 0 saturated heterocycles. The predicted molar refractivity (Wildman–Crippen MR) is 149 cm³/mol. The van der Waals surface area contributed by atoms with Crippen LogP contribution in [0.1, 0.15) is 19.8 Å². The predicted octanol–water partition coefficient (Wildman–Crippen LogP) is 3.12. The number of fused-ring (bicyclic) bond motifs is 5. The van der Waals surface area contributed by atoms with Crippen molar-refractivity contribution < 1.29 is 9.47 Å². The molecule has 5 aromatic rings. The first-order valence-corrected chi connectivity index (χ1v) is 13.1. The number of aromatic amines is 1. The molecular weight excluding hydrogens is 492 g/mol. The first kappa shape index (κ1) is 23.2. The summed E-state index contributed by atoms with van der Waals surface area (Å²) >= 11 is 0. The third-order valence-corrected chi connectivity index (χ3v) is 7.26. The minimum absolute atomic E-state index is 0.186. The monoisotopic (exact) mass is 518 g/mol. The molecule has 0 saturated carbocycles. The summed E-state index contributed by atoms with van der Waals surface area (Å²) in [4.78, 5) is 23.6. The molecule has 0 fully saturated rings. The van der Waals surface area contributed by atoms with E-state index < -0.39 is 0 Å². The minimum atomic E-state index is -0.189. The minimum Gasteiger partial charge on any atom is -0.486 e. The highest BCUT2D eigenvalue weighted by Crippen LogP contribution is 2.30. The van der Waals surface area contributed by atoms with Crippen molar-refractivity contribution in [1.29, 1.82) is 0 Å². The number of nitrogens with one attached hydrogen (secondary N) is 2. The molecule has 5 heterocycles. The van der Waals surface area contributed by atoms with Gasteiger partial charge in [-0.1, -0.05) is 31.2 Å². The van der Waals surface area contributed by atoms with Crippen LogP contribution in [-0.4, -0.2) is 39.0 Å². The number of pyridine rings is 2. The van der Waals surface area contributed by atoms with Crippen molar-refractivity contribution in [2.24, 2.45) is 4.99 Å². The van der Waals surface area contributed by atoms with E-state index in [0.29, 0.717) is 36.0 Å². The number of allylic oxidation sites excluding steroid dienone is 1. The van der Waals surface area contributed by atoms with Crippen LogP contribution < -0.4 is 31.1 Å². The second kappa shape index (κ2) is 9.43. The average molecular weight is 519 g/mol.